The molecule has 7 heteroatoms. The van der Waals surface area contributed by atoms with Gasteiger partial charge < -0.3 is 14.8 Å². The van der Waals surface area contributed by atoms with Crippen LogP contribution in [0.1, 0.15) is 20.7 Å². The van der Waals surface area contributed by atoms with Gasteiger partial charge in [-0.1, -0.05) is 12.1 Å². The Hall–Kier alpha value is -2.80. The molecule has 1 aliphatic rings. The topological polar surface area (TPSA) is 69.3 Å². The number of piperazine rings is 1. The summed E-state index contributed by atoms with van der Waals surface area (Å²) >= 11 is 4.36. The first-order valence-electron chi connectivity index (χ1n) is 8.43. The zero-order chi connectivity index (χ0) is 18.1. The number of nitrogens with one attached hydrogen (secondary N) is 1. The van der Waals surface area contributed by atoms with Crippen LogP contribution in [0.15, 0.2) is 53.7 Å². The molecule has 1 fully saturated rings. The second-order valence-electron chi connectivity index (χ2n) is 6.24. The van der Waals surface area contributed by atoms with Crippen LogP contribution in [0.2, 0.25) is 0 Å². The standard InChI is InChI=1S/C19H18N4O2S/c24-18(13-5-6-15-16(11-13)21-12-20-15)22-7-9-23(10-8-22)19(25)14-3-1-2-4-17(14)26/h1-6,11-12,26H,7-10H2,(H,20,21). The fraction of sp³-hybridized carbons (Fsp3) is 0.211. The predicted molar refractivity (Wildman–Crippen MR) is 102 cm³/mol. The van der Waals surface area contributed by atoms with Crippen molar-refractivity contribution in [3.8, 4) is 0 Å². The highest BCUT2D eigenvalue weighted by Gasteiger charge is 2.26. The van der Waals surface area contributed by atoms with Crippen LogP contribution in [0.5, 0.6) is 0 Å². The predicted octanol–water partition coefficient (Wildman–Crippen LogP) is 2.45. The summed E-state index contributed by atoms with van der Waals surface area (Å²) < 4.78 is 0. The summed E-state index contributed by atoms with van der Waals surface area (Å²) in [4.78, 5) is 36.8. The molecule has 26 heavy (non-hydrogen) atoms. The van der Waals surface area contributed by atoms with Crippen molar-refractivity contribution in [3.63, 3.8) is 0 Å². The first-order chi connectivity index (χ1) is 12.6. The maximum Gasteiger partial charge on any atom is 0.255 e. The Bertz CT molecular complexity index is 976. The van der Waals surface area contributed by atoms with Gasteiger partial charge in [-0.2, -0.15) is 0 Å². The lowest BCUT2D eigenvalue weighted by molar-refractivity contribution is 0.0533. The van der Waals surface area contributed by atoms with Crippen LogP contribution < -0.4 is 0 Å². The zero-order valence-corrected chi connectivity index (χ0v) is 14.9. The van der Waals surface area contributed by atoms with Crippen LogP contribution in [0.25, 0.3) is 11.0 Å². The molecule has 2 heterocycles. The lowest BCUT2D eigenvalue weighted by Crippen LogP contribution is -2.50. The molecule has 0 radical (unpaired) electrons. The molecule has 4 rings (SSSR count). The van der Waals surface area contributed by atoms with Crippen molar-refractivity contribution in [2.24, 2.45) is 0 Å². The number of imidazole rings is 1. The van der Waals surface area contributed by atoms with Crippen molar-refractivity contribution >= 4 is 35.5 Å². The molecule has 0 aliphatic carbocycles. The van der Waals surface area contributed by atoms with Gasteiger partial charge in [-0.15, -0.1) is 12.6 Å². The molecule has 1 aromatic heterocycles. The third-order valence-corrected chi connectivity index (χ3v) is 5.05. The Kier molecular flexibility index (Phi) is 4.38. The van der Waals surface area contributed by atoms with Crippen molar-refractivity contribution < 1.29 is 9.59 Å². The molecular formula is C19H18N4O2S. The van der Waals surface area contributed by atoms with Gasteiger partial charge in [0.1, 0.15) is 0 Å². The van der Waals surface area contributed by atoms with Crippen molar-refractivity contribution in [1.29, 1.82) is 0 Å². The van der Waals surface area contributed by atoms with E-state index in [0.717, 1.165) is 11.0 Å². The first-order valence-corrected chi connectivity index (χ1v) is 8.88. The average Bonchev–Trinajstić information content (AvgIpc) is 3.15. The number of carbonyl (C=O) groups is 2. The fourth-order valence-electron chi connectivity index (χ4n) is 3.19. The number of carbonyl (C=O) groups excluding carboxylic acids is 2. The first kappa shape index (κ1) is 16.7. The van der Waals surface area contributed by atoms with Crippen LogP contribution >= 0.6 is 12.6 Å². The zero-order valence-electron chi connectivity index (χ0n) is 14.1. The Balaban J connectivity index is 1.43. The van der Waals surface area contributed by atoms with Gasteiger partial charge in [0.15, 0.2) is 0 Å². The molecule has 1 saturated heterocycles. The third-order valence-electron chi connectivity index (χ3n) is 4.66. The average molecular weight is 366 g/mol. The van der Waals surface area contributed by atoms with E-state index in [1.807, 2.05) is 30.3 Å². The summed E-state index contributed by atoms with van der Waals surface area (Å²) in [5, 5.41) is 0. The smallest absolute Gasteiger partial charge is 0.255 e. The molecule has 1 N–H and O–H groups in total. The Labute approximate surface area is 156 Å². The fourth-order valence-corrected chi connectivity index (χ4v) is 3.44. The number of rotatable bonds is 2. The minimum Gasteiger partial charge on any atom is -0.345 e. The summed E-state index contributed by atoms with van der Waals surface area (Å²) in [5.41, 5.74) is 2.90. The summed E-state index contributed by atoms with van der Waals surface area (Å²) in [6.07, 6.45) is 1.61. The van der Waals surface area contributed by atoms with Crippen LogP contribution in [-0.4, -0.2) is 57.8 Å². The highest BCUT2D eigenvalue weighted by Crippen LogP contribution is 2.18. The van der Waals surface area contributed by atoms with E-state index < -0.39 is 0 Å². The Morgan fingerprint density at radius 2 is 1.65 bits per heavy atom. The molecule has 6 nitrogen and oxygen atoms in total. The van der Waals surface area contributed by atoms with Gasteiger partial charge in [0.25, 0.3) is 11.8 Å². The second-order valence-corrected chi connectivity index (χ2v) is 6.72. The molecule has 0 bridgehead atoms. The van der Waals surface area contributed by atoms with Crippen molar-refractivity contribution in [2.75, 3.05) is 26.2 Å². The number of fused-ring (bicyclic) bond motifs is 1. The van der Waals surface area contributed by atoms with E-state index in [4.69, 9.17) is 0 Å². The van der Waals surface area contributed by atoms with Gasteiger partial charge in [-0.25, -0.2) is 4.98 Å². The van der Waals surface area contributed by atoms with Crippen LogP contribution in [-0.2, 0) is 0 Å². The van der Waals surface area contributed by atoms with E-state index in [2.05, 4.69) is 22.6 Å². The summed E-state index contributed by atoms with van der Waals surface area (Å²) in [6, 6.07) is 12.7. The molecule has 132 valence electrons. The third kappa shape index (κ3) is 3.06. The number of aromatic nitrogens is 2. The van der Waals surface area contributed by atoms with E-state index in [0.29, 0.717) is 42.2 Å². The highest BCUT2D eigenvalue weighted by atomic mass is 32.1. The van der Waals surface area contributed by atoms with Crippen LogP contribution in [0.3, 0.4) is 0 Å². The van der Waals surface area contributed by atoms with Crippen LogP contribution in [0, 0.1) is 0 Å². The van der Waals surface area contributed by atoms with E-state index in [-0.39, 0.29) is 11.8 Å². The van der Waals surface area contributed by atoms with Gasteiger partial charge in [-0.05, 0) is 30.3 Å². The minimum atomic E-state index is -0.0402. The number of benzene rings is 2. The maximum absolute atomic E-state index is 12.7. The largest absolute Gasteiger partial charge is 0.345 e. The normalized spacial score (nSPS) is 14.7. The molecule has 0 spiro atoms. The second kappa shape index (κ2) is 6.84. The number of thiol groups is 1. The molecule has 3 aromatic rings. The van der Waals surface area contributed by atoms with Gasteiger partial charge in [0.2, 0.25) is 0 Å². The van der Waals surface area contributed by atoms with Gasteiger partial charge in [0, 0.05) is 36.6 Å². The quantitative estimate of drug-likeness (QED) is 0.685. The van der Waals surface area contributed by atoms with Gasteiger partial charge in [-0.3, -0.25) is 9.59 Å². The van der Waals surface area contributed by atoms with Crippen molar-refractivity contribution in [1.82, 2.24) is 19.8 Å². The molecule has 0 atom stereocenters. The number of hydrogen-bond acceptors (Lipinski definition) is 4. The number of hydrogen-bond donors (Lipinski definition) is 2. The van der Waals surface area contributed by atoms with Crippen molar-refractivity contribution in [2.45, 2.75) is 4.90 Å². The molecule has 2 amide bonds. The van der Waals surface area contributed by atoms with E-state index in [9.17, 15) is 9.59 Å². The Morgan fingerprint density at radius 3 is 2.38 bits per heavy atom. The summed E-state index contributed by atoms with van der Waals surface area (Å²) in [6.45, 7) is 2.05. The molecule has 0 unspecified atom stereocenters. The number of aromatic amines is 1. The van der Waals surface area contributed by atoms with Gasteiger partial charge >= 0.3 is 0 Å². The SMILES string of the molecule is O=C(c1ccc2nc[nH]c2c1)N1CCN(C(=O)c2ccccc2S)CC1. The Morgan fingerprint density at radius 1 is 0.962 bits per heavy atom. The minimum absolute atomic E-state index is 0.0248. The maximum atomic E-state index is 12.7. The number of nitrogens with zero attached hydrogens (tertiary/aromatic N) is 3. The lowest BCUT2D eigenvalue weighted by Gasteiger charge is -2.35. The molecular weight excluding hydrogens is 348 g/mol. The molecule has 0 saturated carbocycles. The molecule has 1 aliphatic heterocycles. The van der Waals surface area contributed by atoms with Gasteiger partial charge in [0.05, 0.1) is 22.9 Å². The monoisotopic (exact) mass is 366 g/mol. The summed E-state index contributed by atoms with van der Waals surface area (Å²) in [5.74, 6) is -0.0650. The van der Waals surface area contributed by atoms with E-state index in [1.54, 1.807) is 28.3 Å². The number of H-pyrrole nitrogens is 1. The van der Waals surface area contributed by atoms with E-state index in [1.165, 1.54) is 0 Å². The number of amides is 2. The van der Waals surface area contributed by atoms with E-state index >= 15 is 0 Å². The lowest BCUT2D eigenvalue weighted by atomic mass is 10.1. The summed E-state index contributed by atoms with van der Waals surface area (Å²) in [7, 11) is 0. The van der Waals surface area contributed by atoms with Crippen LogP contribution in [0.4, 0.5) is 0 Å². The van der Waals surface area contributed by atoms with Crippen molar-refractivity contribution in [3.05, 3.63) is 59.9 Å². The molecule has 2 aromatic carbocycles. The highest BCUT2D eigenvalue weighted by molar-refractivity contribution is 7.80.